The smallest absolute Gasteiger partial charge is 0.245 e. The van der Waals surface area contributed by atoms with Crippen LogP contribution in [0.15, 0.2) is 18.2 Å². The number of para-hydroxylation sites is 1. The van der Waals surface area contributed by atoms with Crippen molar-refractivity contribution in [3.8, 4) is 0 Å². The molecule has 7 heteroatoms. The van der Waals surface area contributed by atoms with Gasteiger partial charge in [-0.05, 0) is 37.8 Å². The van der Waals surface area contributed by atoms with Crippen LogP contribution in [0.2, 0.25) is 0 Å². The Morgan fingerprint density at radius 1 is 1.04 bits per heavy atom. The standard InChI is InChI=1S/C21H30N4O3/c1-15-6-4-7-16(2)20(15)22-19(27)14-23-10-12-24(13-11-23)21(28)18-8-5-9-25(18)17(3)26/h4,6-7,18H,5,8-14H2,1-3H3,(H,22,27). The van der Waals surface area contributed by atoms with Crippen LogP contribution < -0.4 is 5.32 Å². The van der Waals surface area contributed by atoms with Crippen LogP contribution in [0.1, 0.15) is 30.9 Å². The van der Waals surface area contributed by atoms with Gasteiger partial charge in [-0.1, -0.05) is 18.2 Å². The summed E-state index contributed by atoms with van der Waals surface area (Å²) < 4.78 is 0. The van der Waals surface area contributed by atoms with Crippen LogP contribution in [0.3, 0.4) is 0 Å². The summed E-state index contributed by atoms with van der Waals surface area (Å²) in [5, 5.41) is 3.02. The molecule has 152 valence electrons. The fraction of sp³-hybridized carbons (Fsp3) is 0.571. The fourth-order valence-corrected chi connectivity index (χ4v) is 4.13. The highest BCUT2D eigenvalue weighted by atomic mass is 16.2. The summed E-state index contributed by atoms with van der Waals surface area (Å²) >= 11 is 0. The number of carbonyl (C=O) groups is 3. The lowest BCUT2D eigenvalue weighted by molar-refractivity contribution is -0.144. The van der Waals surface area contributed by atoms with Crippen molar-refractivity contribution in [1.82, 2.24) is 14.7 Å². The third-order valence-electron chi connectivity index (χ3n) is 5.74. The van der Waals surface area contributed by atoms with Crippen LogP contribution in [-0.4, -0.2) is 77.7 Å². The number of nitrogens with zero attached hydrogens (tertiary/aromatic N) is 3. The van der Waals surface area contributed by atoms with Gasteiger partial charge in [0.15, 0.2) is 0 Å². The molecule has 2 heterocycles. The molecule has 0 aromatic heterocycles. The molecule has 2 aliphatic rings. The van der Waals surface area contributed by atoms with Gasteiger partial charge < -0.3 is 15.1 Å². The first-order chi connectivity index (χ1) is 13.4. The Kier molecular flexibility index (Phi) is 6.34. The summed E-state index contributed by atoms with van der Waals surface area (Å²) in [5.41, 5.74) is 2.98. The minimum atomic E-state index is -0.309. The molecule has 1 aromatic carbocycles. The maximum absolute atomic E-state index is 12.8. The Morgan fingerprint density at radius 3 is 2.29 bits per heavy atom. The molecule has 0 aliphatic carbocycles. The molecular weight excluding hydrogens is 356 g/mol. The Balaban J connectivity index is 1.49. The van der Waals surface area contributed by atoms with E-state index in [0.29, 0.717) is 39.3 Å². The highest BCUT2D eigenvalue weighted by Gasteiger charge is 2.36. The van der Waals surface area contributed by atoms with Crippen molar-refractivity contribution in [2.24, 2.45) is 0 Å². The van der Waals surface area contributed by atoms with Crippen LogP contribution >= 0.6 is 0 Å². The number of likely N-dealkylation sites (tertiary alicyclic amines) is 1. The maximum atomic E-state index is 12.8. The molecule has 28 heavy (non-hydrogen) atoms. The third kappa shape index (κ3) is 4.52. The van der Waals surface area contributed by atoms with Gasteiger partial charge in [0, 0.05) is 45.3 Å². The monoisotopic (exact) mass is 386 g/mol. The zero-order chi connectivity index (χ0) is 20.3. The zero-order valence-electron chi connectivity index (χ0n) is 17.0. The molecule has 1 atom stereocenters. The summed E-state index contributed by atoms with van der Waals surface area (Å²) in [6.45, 7) is 9.01. The molecule has 2 saturated heterocycles. The predicted molar refractivity (Wildman–Crippen MR) is 108 cm³/mol. The Hall–Kier alpha value is -2.41. The predicted octanol–water partition coefficient (Wildman–Crippen LogP) is 1.40. The number of nitrogens with one attached hydrogen (secondary N) is 1. The summed E-state index contributed by atoms with van der Waals surface area (Å²) in [5.74, 6) is -0.0132. The van der Waals surface area contributed by atoms with Gasteiger partial charge in [0.25, 0.3) is 0 Å². The number of hydrogen-bond donors (Lipinski definition) is 1. The van der Waals surface area contributed by atoms with E-state index in [9.17, 15) is 14.4 Å². The van der Waals surface area contributed by atoms with E-state index in [2.05, 4.69) is 10.2 Å². The number of piperazine rings is 1. The third-order valence-corrected chi connectivity index (χ3v) is 5.74. The van der Waals surface area contributed by atoms with Crippen molar-refractivity contribution < 1.29 is 14.4 Å². The molecule has 7 nitrogen and oxygen atoms in total. The average molecular weight is 386 g/mol. The highest BCUT2D eigenvalue weighted by Crippen LogP contribution is 2.21. The van der Waals surface area contributed by atoms with Crippen molar-refractivity contribution in [3.05, 3.63) is 29.3 Å². The second-order valence-corrected chi connectivity index (χ2v) is 7.79. The van der Waals surface area contributed by atoms with Gasteiger partial charge in [-0.15, -0.1) is 0 Å². The number of carbonyl (C=O) groups excluding carboxylic acids is 3. The van der Waals surface area contributed by atoms with Crippen molar-refractivity contribution in [2.75, 3.05) is 44.6 Å². The Labute approximate surface area is 166 Å². The topological polar surface area (TPSA) is 73.0 Å². The van der Waals surface area contributed by atoms with E-state index in [1.807, 2.05) is 36.9 Å². The molecule has 0 saturated carbocycles. The molecule has 0 radical (unpaired) electrons. The van der Waals surface area contributed by atoms with Crippen LogP contribution in [0.5, 0.6) is 0 Å². The molecular formula is C21H30N4O3. The summed E-state index contributed by atoms with van der Waals surface area (Å²) in [6.07, 6.45) is 1.63. The number of aryl methyl sites for hydroxylation is 2. The van der Waals surface area contributed by atoms with Gasteiger partial charge in [-0.3, -0.25) is 19.3 Å². The van der Waals surface area contributed by atoms with Crippen LogP contribution in [0.4, 0.5) is 5.69 Å². The van der Waals surface area contributed by atoms with Crippen molar-refractivity contribution >= 4 is 23.4 Å². The highest BCUT2D eigenvalue weighted by molar-refractivity contribution is 5.93. The largest absolute Gasteiger partial charge is 0.338 e. The second kappa shape index (κ2) is 8.73. The molecule has 3 rings (SSSR count). The first-order valence-corrected chi connectivity index (χ1v) is 10.0. The van der Waals surface area contributed by atoms with E-state index in [-0.39, 0.29) is 23.8 Å². The van der Waals surface area contributed by atoms with Gasteiger partial charge in [0.05, 0.1) is 6.54 Å². The van der Waals surface area contributed by atoms with E-state index in [1.165, 1.54) is 6.92 Å². The molecule has 2 fully saturated rings. The minimum Gasteiger partial charge on any atom is -0.338 e. The zero-order valence-corrected chi connectivity index (χ0v) is 17.0. The number of benzene rings is 1. The Bertz CT molecular complexity index is 736. The molecule has 0 spiro atoms. The lowest BCUT2D eigenvalue weighted by Crippen LogP contribution is -2.55. The molecule has 1 unspecified atom stereocenters. The van der Waals surface area contributed by atoms with Gasteiger partial charge in [0.2, 0.25) is 17.7 Å². The summed E-state index contributed by atoms with van der Waals surface area (Å²) in [4.78, 5) is 42.6. The quantitative estimate of drug-likeness (QED) is 0.849. The van der Waals surface area contributed by atoms with Gasteiger partial charge >= 0.3 is 0 Å². The van der Waals surface area contributed by atoms with E-state index in [0.717, 1.165) is 29.7 Å². The van der Waals surface area contributed by atoms with E-state index in [4.69, 9.17) is 0 Å². The van der Waals surface area contributed by atoms with Crippen molar-refractivity contribution in [1.29, 1.82) is 0 Å². The molecule has 1 aromatic rings. The number of amides is 3. The second-order valence-electron chi connectivity index (χ2n) is 7.79. The maximum Gasteiger partial charge on any atom is 0.245 e. The fourth-order valence-electron chi connectivity index (χ4n) is 4.13. The minimum absolute atomic E-state index is 0.0299. The summed E-state index contributed by atoms with van der Waals surface area (Å²) in [6, 6.07) is 5.64. The SMILES string of the molecule is CC(=O)N1CCCC1C(=O)N1CCN(CC(=O)Nc2c(C)cccc2C)CC1. The van der Waals surface area contributed by atoms with Crippen LogP contribution in [-0.2, 0) is 14.4 Å². The van der Waals surface area contributed by atoms with Crippen LogP contribution in [0.25, 0.3) is 0 Å². The van der Waals surface area contributed by atoms with E-state index >= 15 is 0 Å². The van der Waals surface area contributed by atoms with E-state index in [1.54, 1.807) is 4.90 Å². The number of rotatable bonds is 4. The van der Waals surface area contributed by atoms with Gasteiger partial charge in [-0.2, -0.15) is 0 Å². The van der Waals surface area contributed by atoms with Crippen LogP contribution in [0, 0.1) is 13.8 Å². The first-order valence-electron chi connectivity index (χ1n) is 10.0. The Morgan fingerprint density at radius 2 is 1.68 bits per heavy atom. The number of hydrogen-bond acceptors (Lipinski definition) is 4. The summed E-state index contributed by atoms with van der Waals surface area (Å²) in [7, 11) is 0. The van der Waals surface area contributed by atoms with Crippen molar-refractivity contribution in [2.45, 2.75) is 39.7 Å². The van der Waals surface area contributed by atoms with Gasteiger partial charge in [-0.25, -0.2) is 0 Å². The molecule has 0 bridgehead atoms. The average Bonchev–Trinajstić information content (AvgIpc) is 3.15. The normalized spacial score (nSPS) is 20.3. The lowest BCUT2D eigenvalue weighted by Gasteiger charge is -2.37. The van der Waals surface area contributed by atoms with E-state index < -0.39 is 0 Å². The first kappa shape index (κ1) is 20.3. The molecule has 3 amide bonds. The van der Waals surface area contributed by atoms with Gasteiger partial charge in [0.1, 0.15) is 6.04 Å². The molecule has 1 N–H and O–H groups in total. The molecule has 2 aliphatic heterocycles. The number of anilines is 1. The van der Waals surface area contributed by atoms with Crippen molar-refractivity contribution in [3.63, 3.8) is 0 Å². The lowest BCUT2D eigenvalue weighted by atomic mass is 10.1.